The van der Waals surface area contributed by atoms with Gasteiger partial charge in [0.15, 0.2) is 6.29 Å². The smallest absolute Gasteiger partial charge is 0.169 e. The van der Waals surface area contributed by atoms with E-state index in [4.69, 9.17) is 9.47 Å². The SMILES string of the molecule is CC1CCOC(C(S)C(C)C)O1. The highest BCUT2D eigenvalue weighted by Gasteiger charge is 2.27. The summed E-state index contributed by atoms with van der Waals surface area (Å²) >= 11 is 4.46. The molecule has 0 radical (unpaired) electrons. The molecule has 1 aliphatic rings. The van der Waals surface area contributed by atoms with Gasteiger partial charge >= 0.3 is 0 Å². The van der Waals surface area contributed by atoms with Gasteiger partial charge in [0.05, 0.1) is 18.0 Å². The first kappa shape index (κ1) is 10.4. The zero-order chi connectivity index (χ0) is 9.14. The fourth-order valence-electron chi connectivity index (χ4n) is 1.18. The summed E-state index contributed by atoms with van der Waals surface area (Å²) in [7, 11) is 0. The molecule has 72 valence electrons. The van der Waals surface area contributed by atoms with Crippen LogP contribution < -0.4 is 0 Å². The molecule has 0 bridgehead atoms. The van der Waals surface area contributed by atoms with E-state index in [0.29, 0.717) is 12.0 Å². The average molecular weight is 190 g/mol. The van der Waals surface area contributed by atoms with Gasteiger partial charge in [0.25, 0.3) is 0 Å². The van der Waals surface area contributed by atoms with E-state index in [-0.39, 0.29) is 11.5 Å². The van der Waals surface area contributed by atoms with Crippen LogP contribution in [0.1, 0.15) is 27.2 Å². The summed E-state index contributed by atoms with van der Waals surface area (Å²) in [5.74, 6) is 0.489. The Morgan fingerprint density at radius 1 is 1.42 bits per heavy atom. The Labute approximate surface area is 80.0 Å². The van der Waals surface area contributed by atoms with Crippen molar-refractivity contribution in [2.24, 2.45) is 5.92 Å². The van der Waals surface area contributed by atoms with Gasteiger partial charge in [-0.25, -0.2) is 0 Å². The van der Waals surface area contributed by atoms with E-state index in [1.54, 1.807) is 0 Å². The quantitative estimate of drug-likeness (QED) is 0.672. The third-order valence-electron chi connectivity index (χ3n) is 2.13. The van der Waals surface area contributed by atoms with Crippen LogP contribution in [0.4, 0.5) is 0 Å². The van der Waals surface area contributed by atoms with Crippen molar-refractivity contribution in [3.05, 3.63) is 0 Å². The first-order valence-corrected chi connectivity index (χ1v) is 5.08. The molecule has 3 unspecified atom stereocenters. The molecule has 0 saturated carbocycles. The lowest BCUT2D eigenvalue weighted by molar-refractivity contribution is -0.209. The topological polar surface area (TPSA) is 18.5 Å². The Morgan fingerprint density at radius 2 is 2.08 bits per heavy atom. The van der Waals surface area contributed by atoms with Gasteiger partial charge in [0.1, 0.15) is 0 Å². The second-order valence-electron chi connectivity index (χ2n) is 3.71. The lowest BCUT2D eigenvalue weighted by atomic mass is 10.1. The number of rotatable bonds is 2. The van der Waals surface area contributed by atoms with Crippen LogP contribution >= 0.6 is 12.6 Å². The van der Waals surface area contributed by atoms with Gasteiger partial charge < -0.3 is 9.47 Å². The van der Waals surface area contributed by atoms with E-state index in [0.717, 1.165) is 13.0 Å². The first-order chi connectivity index (χ1) is 5.61. The molecule has 1 heterocycles. The summed E-state index contributed by atoms with van der Waals surface area (Å²) in [5.41, 5.74) is 0. The Balaban J connectivity index is 2.40. The van der Waals surface area contributed by atoms with E-state index in [1.165, 1.54) is 0 Å². The molecule has 1 rings (SSSR count). The number of thiol groups is 1. The molecule has 1 aliphatic heterocycles. The maximum atomic E-state index is 5.61. The van der Waals surface area contributed by atoms with Crippen molar-refractivity contribution in [3.8, 4) is 0 Å². The fraction of sp³-hybridized carbons (Fsp3) is 1.00. The van der Waals surface area contributed by atoms with Crippen molar-refractivity contribution < 1.29 is 9.47 Å². The minimum atomic E-state index is -0.114. The molecule has 3 atom stereocenters. The molecule has 0 aromatic rings. The molecule has 2 nitrogen and oxygen atoms in total. The highest BCUT2D eigenvalue weighted by atomic mass is 32.1. The van der Waals surface area contributed by atoms with Gasteiger partial charge in [0.2, 0.25) is 0 Å². The van der Waals surface area contributed by atoms with Crippen molar-refractivity contribution in [1.29, 1.82) is 0 Å². The van der Waals surface area contributed by atoms with Crippen molar-refractivity contribution in [1.82, 2.24) is 0 Å². The molecule has 3 heteroatoms. The summed E-state index contributed by atoms with van der Waals surface area (Å²) in [5, 5.41) is 0.188. The lowest BCUT2D eigenvalue weighted by Gasteiger charge is -2.33. The van der Waals surface area contributed by atoms with E-state index in [1.807, 2.05) is 0 Å². The number of hydrogen-bond donors (Lipinski definition) is 1. The Morgan fingerprint density at radius 3 is 2.58 bits per heavy atom. The van der Waals surface area contributed by atoms with Crippen LogP contribution in [0.25, 0.3) is 0 Å². The molecule has 0 aromatic heterocycles. The van der Waals surface area contributed by atoms with Crippen LogP contribution in [0.3, 0.4) is 0 Å². The predicted molar refractivity (Wildman–Crippen MR) is 52.5 cm³/mol. The minimum Gasteiger partial charge on any atom is -0.351 e. The second kappa shape index (κ2) is 4.49. The van der Waals surface area contributed by atoms with E-state index in [2.05, 4.69) is 33.4 Å². The third-order valence-corrected chi connectivity index (χ3v) is 2.97. The van der Waals surface area contributed by atoms with Gasteiger partial charge in [0, 0.05) is 0 Å². The Bertz CT molecular complexity index is 138. The summed E-state index contributed by atoms with van der Waals surface area (Å²) in [6, 6.07) is 0. The predicted octanol–water partition coefficient (Wildman–Crippen LogP) is 2.09. The van der Waals surface area contributed by atoms with Crippen molar-refractivity contribution in [2.75, 3.05) is 6.61 Å². The molecule has 0 N–H and O–H groups in total. The standard InChI is InChI=1S/C9H18O2S/c1-6(2)8(12)9-10-5-4-7(3)11-9/h6-9,12H,4-5H2,1-3H3. The number of ether oxygens (including phenoxy) is 2. The first-order valence-electron chi connectivity index (χ1n) is 4.56. The largest absolute Gasteiger partial charge is 0.351 e. The van der Waals surface area contributed by atoms with Crippen LogP contribution in [0, 0.1) is 5.92 Å². The Hall–Kier alpha value is 0.270. The minimum absolute atomic E-state index is 0.114. The van der Waals surface area contributed by atoms with Gasteiger partial charge in [-0.2, -0.15) is 12.6 Å². The Kier molecular flexibility index (Phi) is 3.87. The normalized spacial score (nSPS) is 33.8. The average Bonchev–Trinajstić information content (AvgIpc) is 2.03. The van der Waals surface area contributed by atoms with Crippen molar-refractivity contribution in [3.63, 3.8) is 0 Å². The summed E-state index contributed by atoms with van der Waals surface area (Å²) < 4.78 is 11.1. The van der Waals surface area contributed by atoms with Crippen LogP contribution in [-0.2, 0) is 9.47 Å². The zero-order valence-electron chi connectivity index (χ0n) is 7.99. The van der Waals surface area contributed by atoms with Crippen LogP contribution in [0.2, 0.25) is 0 Å². The van der Waals surface area contributed by atoms with Gasteiger partial charge in [-0.3, -0.25) is 0 Å². The molecule has 12 heavy (non-hydrogen) atoms. The van der Waals surface area contributed by atoms with Crippen LogP contribution in [0.5, 0.6) is 0 Å². The van der Waals surface area contributed by atoms with Crippen molar-refractivity contribution >= 4 is 12.6 Å². The number of hydrogen-bond acceptors (Lipinski definition) is 3. The van der Waals surface area contributed by atoms with Crippen LogP contribution in [-0.4, -0.2) is 24.3 Å². The molecule has 1 saturated heterocycles. The molecule has 1 fully saturated rings. The third kappa shape index (κ3) is 2.64. The maximum absolute atomic E-state index is 5.61. The van der Waals surface area contributed by atoms with E-state index >= 15 is 0 Å². The molecule has 0 amide bonds. The fourth-order valence-corrected chi connectivity index (χ4v) is 1.34. The molecule has 0 spiro atoms. The highest BCUT2D eigenvalue weighted by Crippen LogP contribution is 2.22. The maximum Gasteiger partial charge on any atom is 0.169 e. The zero-order valence-corrected chi connectivity index (χ0v) is 8.88. The monoisotopic (exact) mass is 190 g/mol. The molecular weight excluding hydrogens is 172 g/mol. The molecule has 0 aromatic carbocycles. The lowest BCUT2D eigenvalue weighted by Crippen LogP contribution is -2.39. The van der Waals surface area contributed by atoms with E-state index in [9.17, 15) is 0 Å². The van der Waals surface area contributed by atoms with Crippen molar-refractivity contribution in [2.45, 2.75) is 44.8 Å². The summed E-state index contributed by atoms with van der Waals surface area (Å²) in [4.78, 5) is 0. The van der Waals surface area contributed by atoms with Gasteiger partial charge in [-0.05, 0) is 19.3 Å². The second-order valence-corrected chi connectivity index (χ2v) is 4.31. The van der Waals surface area contributed by atoms with Crippen LogP contribution in [0.15, 0.2) is 0 Å². The van der Waals surface area contributed by atoms with E-state index < -0.39 is 0 Å². The summed E-state index contributed by atoms with van der Waals surface area (Å²) in [6.45, 7) is 7.14. The molecule has 0 aliphatic carbocycles. The summed E-state index contributed by atoms with van der Waals surface area (Å²) in [6.07, 6.45) is 1.20. The molecular formula is C9H18O2S. The van der Waals surface area contributed by atoms with Gasteiger partial charge in [-0.1, -0.05) is 13.8 Å². The highest BCUT2D eigenvalue weighted by molar-refractivity contribution is 7.81. The van der Waals surface area contributed by atoms with Gasteiger partial charge in [-0.15, -0.1) is 0 Å².